The fourth-order valence-electron chi connectivity index (χ4n) is 3.04. The molecule has 0 atom stereocenters. The molecule has 2 aromatic carbocycles. The highest BCUT2D eigenvalue weighted by molar-refractivity contribution is 5.95. The number of carbonyl (C=O) groups excluding carboxylic acids is 1. The first-order valence-electron chi connectivity index (χ1n) is 8.30. The van der Waals surface area contributed by atoms with E-state index in [0.29, 0.717) is 0 Å². The molecule has 0 spiro atoms. The fraction of sp³-hybridized carbons (Fsp3) is 0.286. The van der Waals surface area contributed by atoms with E-state index in [-0.39, 0.29) is 17.8 Å². The van der Waals surface area contributed by atoms with Crippen LogP contribution in [-0.2, 0) is 4.79 Å². The van der Waals surface area contributed by atoms with Crippen molar-refractivity contribution in [2.24, 2.45) is 5.92 Å². The summed E-state index contributed by atoms with van der Waals surface area (Å²) in [5.74, 6) is 1.31. The van der Waals surface area contributed by atoms with Crippen LogP contribution >= 0.6 is 0 Å². The molecule has 118 valence electrons. The molecule has 2 aromatic rings. The van der Waals surface area contributed by atoms with Crippen molar-refractivity contribution in [3.8, 4) is 5.75 Å². The minimum atomic E-state index is 0.144. The average Bonchev–Trinajstić information content (AvgIpc) is 2.62. The third-order valence-corrected chi connectivity index (χ3v) is 4.36. The van der Waals surface area contributed by atoms with Gasteiger partial charge in [0.2, 0.25) is 0 Å². The predicted octanol–water partition coefficient (Wildman–Crippen LogP) is 4.91. The van der Waals surface area contributed by atoms with E-state index >= 15 is 0 Å². The highest BCUT2D eigenvalue weighted by Gasteiger charge is 2.25. The van der Waals surface area contributed by atoms with E-state index in [0.717, 1.165) is 37.0 Å². The minimum Gasteiger partial charge on any atom is -0.490 e. The molecular formula is C21H22O2. The van der Waals surface area contributed by atoms with Crippen molar-refractivity contribution in [1.82, 2.24) is 0 Å². The Hall–Kier alpha value is -2.35. The van der Waals surface area contributed by atoms with Gasteiger partial charge >= 0.3 is 0 Å². The largest absolute Gasteiger partial charge is 0.490 e. The van der Waals surface area contributed by atoms with Crippen LogP contribution in [0.4, 0.5) is 0 Å². The number of hydrogen-bond donors (Lipinski definition) is 0. The van der Waals surface area contributed by atoms with Crippen LogP contribution in [0.1, 0.15) is 31.2 Å². The van der Waals surface area contributed by atoms with Crippen LogP contribution in [0.25, 0.3) is 6.08 Å². The lowest BCUT2D eigenvalue weighted by molar-refractivity contribution is -0.119. The predicted molar refractivity (Wildman–Crippen MR) is 93.3 cm³/mol. The lowest BCUT2D eigenvalue weighted by Gasteiger charge is -2.27. The Morgan fingerprint density at radius 3 is 2.13 bits per heavy atom. The van der Waals surface area contributed by atoms with E-state index in [1.54, 1.807) is 6.08 Å². The van der Waals surface area contributed by atoms with Gasteiger partial charge in [-0.05, 0) is 49.5 Å². The van der Waals surface area contributed by atoms with Crippen LogP contribution in [-0.4, -0.2) is 11.9 Å². The van der Waals surface area contributed by atoms with Crippen molar-refractivity contribution in [2.75, 3.05) is 0 Å². The Labute approximate surface area is 137 Å². The molecule has 0 aliphatic heterocycles. The summed E-state index contributed by atoms with van der Waals surface area (Å²) in [5.41, 5.74) is 1.07. The monoisotopic (exact) mass is 306 g/mol. The van der Waals surface area contributed by atoms with E-state index in [1.807, 2.05) is 66.7 Å². The molecule has 2 nitrogen and oxygen atoms in total. The molecule has 3 rings (SSSR count). The summed E-state index contributed by atoms with van der Waals surface area (Å²) in [6.07, 6.45) is 7.60. The quantitative estimate of drug-likeness (QED) is 0.734. The maximum Gasteiger partial charge on any atom is 0.158 e. The van der Waals surface area contributed by atoms with E-state index in [2.05, 4.69) is 0 Å². The summed E-state index contributed by atoms with van der Waals surface area (Å²) in [6.45, 7) is 0. The Kier molecular flexibility index (Phi) is 5.25. The Balaban J connectivity index is 1.48. The van der Waals surface area contributed by atoms with Gasteiger partial charge in [0.25, 0.3) is 0 Å². The Morgan fingerprint density at radius 2 is 1.48 bits per heavy atom. The van der Waals surface area contributed by atoms with Crippen LogP contribution in [0, 0.1) is 5.92 Å². The maximum atomic E-state index is 12.3. The van der Waals surface area contributed by atoms with Gasteiger partial charge in [-0.15, -0.1) is 0 Å². The third-order valence-electron chi connectivity index (χ3n) is 4.36. The van der Waals surface area contributed by atoms with Gasteiger partial charge in [-0.2, -0.15) is 0 Å². The minimum absolute atomic E-state index is 0.144. The summed E-state index contributed by atoms with van der Waals surface area (Å²) in [5, 5.41) is 0. The molecule has 23 heavy (non-hydrogen) atoms. The van der Waals surface area contributed by atoms with Crippen molar-refractivity contribution >= 4 is 11.9 Å². The van der Waals surface area contributed by atoms with Gasteiger partial charge in [0.15, 0.2) is 5.78 Å². The maximum absolute atomic E-state index is 12.3. The number of benzene rings is 2. The summed E-state index contributed by atoms with van der Waals surface area (Å²) in [7, 11) is 0. The number of para-hydroxylation sites is 1. The van der Waals surface area contributed by atoms with Crippen LogP contribution in [0.3, 0.4) is 0 Å². The number of hydrogen-bond acceptors (Lipinski definition) is 2. The fourth-order valence-corrected chi connectivity index (χ4v) is 3.04. The molecule has 0 amide bonds. The van der Waals surface area contributed by atoms with E-state index in [9.17, 15) is 4.79 Å². The molecule has 1 aliphatic rings. The third kappa shape index (κ3) is 4.56. The molecule has 1 aliphatic carbocycles. The van der Waals surface area contributed by atoms with Gasteiger partial charge in [0.05, 0.1) is 6.10 Å². The lowest BCUT2D eigenvalue weighted by atomic mass is 9.84. The molecule has 0 radical (unpaired) electrons. The van der Waals surface area contributed by atoms with Crippen LogP contribution < -0.4 is 4.74 Å². The first kappa shape index (κ1) is 15.5. The van der Waals surface area contributed by atoms with Crippen molar-refractivity contribution < 1.29 is 9.53 Å². The zero-order valence-electron chi connectivity index (χ0n) is 13.2. The molecule has 0 saturated heterocycles. The SMILES string of the molecule is O=C(C=Cc1ccccc1)C1CCC(Oc2ccccc2)CC1. The van der Waals surface area contributed by atoms with Crippen LogP contribution in [0.15, 0.2) is 66.7 Å². The molecule has 0 heterocycles. The normalized spacial score (nSPS) is 21.2. The van der Waals surface area contributed by atoms with Gasteiger partial charge < -0.3 is 4.74 Å². The second-order valence-corrected chi connectivity index (χ2v) is 6.05. The Bertz CT molecular complexity index is 638. The second kappa shape index (κ2) is 7.77. The summed E-state index contributed by atoms with van der Waals surface area (Å²) in [4.78, 5) is 12.3. The zero-order valence-corrected chi connectivity index (χ0v) is 13.2. The summed E-state index contributed by atoms with van der Waals surface area (Å²) >= 11 is 0. The van der Waals surface area contributed by atoms with Gasteiger partial charge in [0.1, 0.15) is 5.75 Å². The highest BCUT2D eigenvalue weighted by Crippen LogP contribution is 2.28. The van der Waals surface area contributed by atoms with Crippen LogP contribution in [0.2, 0.25) is 0 Å². The number of ether oxygens (including phenoxy) is 1. The van der Waals surface area contributed by atoms with Crippen molar-refractivity contribution in [1.29, 1.82) is 0 Å². The van der Waals surface area contributed by atoms with Gasteiger partial charge in [-0.3, -0.25) is 4.79 Å². The molecule has 0 unspecified atom stereocenters. The topological polar surface area (TPSA) is 26.3 Å². The van der Waals surface area contributed by atoms with Crippen molar-refractivity contribution in [3.63, 3.8) is 0 Å². The highest BCUT2D eigenvalue weighted by atomic mass is 16.5. The summed E-state index contributed by atoms with van der Waals surface area (Å²) < 4.78 is 5.98. The zero-order chi connectivity index (χ0) is 15.9. The summed E-state index contributed by atoms with van der Waals surface area (Å²) in [6, 6.07) is 19.9. The first-order valence-corrected chi connectivity index (χ1v) is 8.30. The number of rotatable bonds is 5. The van der Waals surface area contributed by atoms with Gasteiger partial charge in [-0.25, -0.2) is 0 Å². The van der Waals surface area contributed by atoms with E-state index in [4.69, 9.17) is 4.74 Å². The number of ketones is 1. The molecule has 0 aromatic heterocycles. The first-order chi connectivity index (χ1) is 11.3. The molecule has 1 saturated carbocycles. The average molecular weight is 306 g/mol. The molecular weight excluding hydrogens is 284 g/mol. The smallest absolute Gasteiger partial charge is 0.158 e. The Morgan fingerprint density at radius 1 is 0.870 bits per heavy atom. The lowest BCUT2D eigenvalue weighted by Crippen LogP contribution is -2.27. The van der Waals surface area contributed by atoms with Crippen molar-refractivity contribution in [3.05, 3.63) is 72.3 Å². The second-order valence-electron chi connectivity index (χ2n) is 6.05. The van der Waals surface area contributed by atoms with Crippen LogP contribution in [0.5, 0.6) is 5.75 Å². The van der Waals surface area contributed by atoms with Gasteiger partial charge in [0, 0.05) is 5.92 Å². The molecule has 0 N–H and O–H groups in total. The molecule has 0 bridgehead atoms. The van der Waals surface area contributed by atoms with Crippen molar-refractivity contribution in [2.45, 2.75) is 31.8 Å². The van der Waals surface area contributed by atoms with Gasteiger partial charge in [-0.1, -0.05) is 54.6 Å². The van der Waals surface area contributed by atoms with E-state index in [1.165, 1.54) is 0 Å². The van der Waals surface area contributed by atoms with E-state index < -0.39 is 0 Å². The number of carbonyl (C=O) groups is 1. The molecule has 1 fully saturated rings. The standard InChI is InChI=1S/C21H22O2/c22-21(16-11-17-7-3-1-4-8-17)18-12-14-20(15-13-18)23-19-9-5-2-6-10-19/h1-11,16,18,20H,12-15H2. The number of allylic oxidation sites excluding steroid dienone is 1. The molecule has 2 heteroatoms.